The second kappa shape index (κ2) is 8.41. The summed E-state index contributed by atoms with van der Waals surface area (Å²) in [7, 11) is 0. The van der Waals surface area contributed by atoms with Crippen molar-refractivity contribution < 1.29 is 9.90 Å². The number of aromatic carboxylic acids is 1. The molecular formula is C27H26N4O3. The average Bonchev–Trinajstić information content (AvgIpc) is 3.67. The molecule has 1 saturated carbocycles. The molecule has 3 heterocycles. The van der Waals surface area contributed by atoms with E-state index in [1.54, 1.807) is 48.0 Å². The van der Waals surface area contributed by atoms with Crippen molar-refractivity contribution >= 4 is 17.3 Å². The molecule has 4 aromatic rings. The average molecular weight is 455 g/mol. The number of carbonyl (C=O) groups is 1. The summed E-state index contributed by atoms with van der Waals surface area (Å²) >= 11 is 0. The number of anilines is 1. The van der Waals surface area contributed by atoms with Crippen LogP contribution in [0.25, 0.3) is 16.9 Å². The maximum Gasteiger partial charge on any atom is 0.337 e. The van der Waals surface area contributed by atoms with Gasteiger partial charge in [-0.3, -0.25) is 14.2 Å². The quantitative estimate of drug-likeness (QED) is 0.420. The van der Waals surface area contributed by atoms with E-state index in [4.69, 9.17) is 4.98 Å². The highest BCUT2D eigenvalue weighted by Crippen LogP contribution is 2.39. The highest BCUT2D eigenvalue weighted by atomic mass is 16.4. The second-order valence-electron chi connectivity index (χ2n) is 9.02. The van der Waals surface area contributed by atoms with Gasteiger partial charge in [0.2, 0.25) is 0 Å². The standard InChI is InChI=1S/C27H26N4O3/c1-15-12-21(17(3)29-23-7-5-4-6-20(23)27(33)34)25-30-24(16(2)26(32)31(25)14-15)19-10-11-22(28-13-19)18-8-9-18/h4-7,10-14,17-18,29H,8-9H2,1-3H3,(H,33,34)/t17-/m1/s1. The Morgan fingerprint density at radius 3 is 2.62 bits per heavy atom. The van der Waals surface area contributed by atoms with Crippen molar-refractivity contribution in [1.82, 2.24) is 14.4 Å². The lowest BCUT2D eigenvalue weighted by atomic mass is 10.0. The molecule has 1 atom stereocenters. The van der Waals surface area contributed by atoms with Crippen LogP contribution in [0.3, 0.4) is 0 Å². The lowest BCUT2D eigenvalue weighted by Gasteiger charge is -2.20. The summed E-state index contributed by atoms with van der Waals surface area (Å²) in [5.74, 6) is -0.445. The number of aryl methyl sites for hydroxylation is 1. The molecule has 0 aliphatic heterocycles. The fourth-order valence-electron chi connectivity index (χ4n) is 4.37. The third-order valence-electron chi connectivity index (χ3n) is 6.37. The van der Waals surface area contributed by atoms with Gasteiger partial charge in [0.25, 0.3) is 5.56 Å². The Morgan fingerprint density at radius 1 is 1.18 bits per heavy atom. The number of hydrogen-bond donors (Lipinski definition) is 2. The zero-order chi connectivity index (χ0) is 24.0. The number of para-hydroxylation sites is 1. The molecule has 0 unspecified atom stereocenters. The molecule has 0 bridgehead atoms. The maximum atomic E-state index is 13.3. The Balaban J connectivity index is 1.62. The molecular weight excluding hydrogens is 428 g/mol. The van der Waals surface area contributed by atoms with E-state index < -0.39 is 5.97 Å². The first-order chi connectivity index (χ1) is 16.3. The highest BCUT2D eigenvalue weighted by Gasteiger charge is 2.25. The van der Waals surface area contributed by atoms with Gasteiger partial charge >= 0.3 is 5.97 Å². The van der Waals surface area contributed by atoms with E-state index in [1.165, 1.54) is 12.8 Å². The molecule has 1 aliphatic rings. The van der Waals surface area contributed by atoms with Crippen LogP contribution in [0, 0.1) is 13.8 Å². The van der Waals surface area contributed by atoms with Crippen molar-refractivity contribution in [2.45, 2.75) is 45.6 Å². The predicted molar refractivity (Wildman–Crippen MR) is 132 cm³/mol. The minimum absolute atomic E-state index is 0.130. The van der Waals surface area contributed by atoms with E-state index in [1.807, 2.05) is 32.0 Å². The summed E-state index contributed by atoms with van der Waals surface area (Å²) in [6.45, 7) is 5.65. The van der Waals surface area contributed by atoms with Gasteiger partial charge in [-0.25, -0.2) is 9.78 Å². The lowest BCUT2D eigenvalue weighted by Crippen LogP contribution is -2.22. The van der Waals surface area contributed by atoms with E-state index >= 15 is 0 Å². The van der Waals surface area contributed by atoms with Crippen LogP contribution in [-0.4, -0.2) is 25.4 Å². The summed E-state index contributed by atoms with van der Waals surface area (Å²) in [6, 6.07) is 12.5. The Kier molecular flexibility index (Phi) is 5.40. The number of benzene rings is 1. The van der Waals surface area contributed by atoms with E-state index in [9.17, 15) is 14.7 Å². The Bertz CT molecular complexity index is 1470. The van der Waals surface area contributed by atoms with Crippen LogP contribution >= 0.6 is 0 Å². The van der Waals surface area contributed by atoms with Crippen molar-refractivity contribution in [3.63, 3.8) is 0 Å². The van der Waals surface area contributed by atoms with Crippen LogP contribution in [0.2, 0.25) is 0 Å². The molecule has 7 nitrogen and oxygen atoms in total. The first kappa shape index (κ1) is 21.8. The van der Waals surface area contributed by atoms with Gasteiger partial charge in [0.1, 0.15) is 5.65 Å². The SMILES string of the molecule is Cc1cc([C@@H](C)Nc2ccccc2C(=O)O)c2nc(-c3ccc(C4CC4)nc3)c(C)c(=O)n2c1. The summed E-state index contributed by atoms with van der Waals surface area (Å²) in [5.41, 5.74) is 5.90. The third-order valence-corrected chi connectivity index (χ3v) is 6.37. The molecule has 3 aromatic heterocycles. The monoisotopic (exact) mass is 454 g/mol. The van der Waals surface area contributed by atoms with Gasteiger partial charge in [0, 0.05) is 46.4 Å². The third kappa shape index (κ3) is 3.94. The topological polar surface area (TPSA) is 96.6 Å². The van der Waals surface area contributed by atoms with Crippen LogP contribution in [0.15, 0.2) is 59.7 Å². The van der Waals surface area contributed by atoms with Crippen LogP contribution in [-0.2, 0) is 0 Å². The molecule has 172 valence electrons. The summed E-state index contributed by atoms with van der Waals surface area (Å²) < 4.78 is 1.58. The van der Waals surface area contributed by atoms with Crippen LogP contribution in [0.4, 0.5) is 5.69 Å². The van der Waals surface area contributed by atoms with Gasteiger partial charge in [0.15, 0.2) is 0 Å². The number of pyridine rings is 2. The molecule has 7 heteroatoms. The molecule has 1 aromatic carbocycles. The van der Waals surface area contributed by atoms with Gasteiger partial charge in [-0.2, -0.15) is 0 Å². The van der Waals surface area contributed by atoms with Gasteiger partial charge in [0.05, 0.1) is 17.3 Å². The molecule has 0 radical (unpaired) electrons. The normalized spacial score (nSPS) is 14.2. The van der Waals surface area contributed by atoms with Crippen LogP contribution < -0.4 is 10.9 Å². The zero-order valence-corrected chi connectivity index (χ0v) is 19.4. The maximum absolute atomic E-state index is 13.3. The van der Waals surface area contributed by atoms with Crippen molar-refractivity contribution in [3.8, 4) is 11.3 Å². The molecule has 0 saturated heterocycles. The number of aromatic nitrogens is 3. The summed E-state index contributed by atoms with van der Waals surface area (Å²) in [5, 5.41) is 12.8. The summed E-state index contributed by atoms with van der Waals surface area (Å²) in [6.07, 6.45) is 5.95. The fourth-order valence-corrected chi connectivity index (χ4v) is 4.37. The van der Waals surface area contributed by atoms with E-state index in [2.05, 4.69) is 10.3 Å². The van der Waals surface area contributed by atoms with E-state index in [0.29, 0.717) is 28.5 Å². The van der Waals surface area contributed by atoms with Crippen molar-refractivity contribution in [2.75, 3.05) is 5.32 Å². The van der Waals surface area contributed by atoms with Crippen molar-refractivity contribution in [1.29, 1.82) is 0 Å². The highest BCUT2D eigenvalue weighted by molar-refractivity contribution is 5.94. The number of fused-ring (bicyclic) bond motifs is 1. The van der Waals surface area contributed by atoms with Crippen LogP contribution in [0.5, 0.6) is 0 Å². The zero-order valence-electron chi connectivity index (χ0n) is 19.4. The van der Waals surface area contributed by atoms with E-state index in [-0.39, 0.29) is 17.2 Å². The van der Waals surface area contributed by atoms with Crippen molar-refractivity contribution in [2.24, 2.45) is 0 Å². The minimum atomic E-state index is -1.00. The second-order valence-corrected chi connectivity index (χ2v) is 9.02. The number of carboxylic acid groups (broad SMARTS) is 1. The van der Waals surface area contributed by atoms with Crippen LogP contribution in [0.1, 0.15) is 64.5 Å². The molecule has 5 rings (SSSR count). The van der Waals surface area contributed by atoms with Gasteiger partial charge in [-0.15, -0.1) is 0 Å². The lowest BCUT2D eigenvalue weighted by molar-refractivity contribution is 0.0698. The first-order valence-electron chi connectivity index (χ1n) is 11.4. The van der Waals surface area contributed by atoms with Gasteiger partial charge < -0.3 is 10.4 Å². The van der Waals surface area contributed by atoms with Gasteiger partial charge in [-0.1, -0.05) is 12.1 Å². The number of nitrogens with zero attached hydrogens (tertiary/aromatic N) is 3. The number of nitrogens with one attached hydrogen (secondary N) is 1. The molecule has 2 N–H and O–H groups in total. The van der Waals surface area contributed by atoms with Gasteiger partial charge in [-0.05, 0) is 69.5 Å². The molecule has 1 aliphatic carbocycles. The fraction of sp³-hybridized carbons (Fsp3) is 0.259. The minimum Gasteiger partial charge on any atom is -0.478 e. The Hall–Kier alpha value is -4.00. The molecule has 1 fully saturated rings. The number of rotatable bonds is 6. The smallest absolute Gasteiger partial charge is 0.337 e. The van der Waals surface area contributed by atoms with Crippen molar-refractivity contribution in [3.05, 3.63) is 93.2 Å². The molecule has 34 heavy (non-hydrogen) atoms. The predicted octanol–water partition coefficient (Wildman–Crippen LogP) is 5.12. The molecule has 0 spiro atoms. The number of hydrogen-bond acceptors (Lipinski definition) is 5. The number of carboxylic acids is 1. The first-order valence-corrected chi connectivity index (χ1v) is 11.4. The Labute approximate surface area is 197 Å². The Morgan fingerprint density at radius 2 is 1.94 bits per heavy atom. The summed E-state index contributed by atoms with van der Waals surface area (Å²) in [4.78, 5) is 34.5. The van der Waals surface area contributed by atoms with E-state index in [0.717, 1.165) is 22.4 Å². The largest absolute Gasteiger partial charge is 0.478 e. The molecule has 0 amide bonds.